The van der Waals surface area contributed by atoms with Crippen LogP contribution in [-0.4, -0.2) is 86.3 Å². The Balaban J connectivity index is 4.44. The molecule has 12 heteroatoms. The van der Waals surface area contributed by atoms with Gasteiger partial charge in [0.15, 0.2) is 6.10 Å². The molecule has 11 nitrogen and oxygen atoms in total. The zero-order chi connectivity index (χ0) is 41.6. The SMILES string of the molecule is CCCCCCCCCCCCCCCCCC(=O)OC[C@H](COP(=O)(O)OCC[N+](C)(C)C)OC(=O)CCCCCCC/C=C\C=C\[C@H](CCCCC)OO. The molecule has 0 heterocycles. The second-order valence-electron chi connectivity index (χ2n) is 16.4. The summed E-state index contributed by atoms with van der Waals surface area (Å²) in [5.41, 5.74) is 0. The molecule has 0 aromatic carbocycles. The van der Waals surface area contributed by atoms with Gasteiger partial charge >= 0.3 is 19.8 Å². The van der Waals surface area contributed by atoms with Gasteiger partial charge in [-0.05, 0) is 32.1 Å². The third-order valence-corrected chi connectivity index (χ3v) is 10.7. The van der Waals surface area contributed by atoms with Crippen molar-refractivity contribution in [2.45, 2.75) is 199 Å². The Morgan fingerprint density at radius 3 is 1.68 bits per heavy atom. The number of rotatable bonds is 41. The lowest BCUT2D eigenvalue weighted by Gasteiger charge is -2.24. The molecule has 0 saturated carbocycles. The Hall–Kier alpha value is -1.59. The lowest BCUT2D eigenvalue weighted by molar-refractivity contribution is -0.870. The highest BCUT2D eigenvalue weighted by atomic mass is 31.2. The highest BCUT2D eigenvalue weighted by molar-refractivity contribution is 7.47. The molecule has 0 saturated heterocycles. The van der Waals surface area contributed by atoms with Gasteiger partial charge in [-0.25, -0.2) is 9.45 Å². The summed E-state index contributed by atoms with van der Waals surface area (Å²) in [6, 6.07) is 0. The third-order valence-electron chi connectivity index (χ3n) is 9.71. The number of hydrogen-bond donors (Lipinski definition) is 2. The van der Waals surface area contributed by atoms with E-state index < -0.39 is 26.5 Å². The first kappa shape index (κ1) is 54.4. The fourth-order valence-electron chi connectivity index (χ4n) is 6.11. The number of ether oxygens (including phenoxy) is 2. The second-order valence-corrected chi connectivity index (χ2v) is 17.8. The van der Waals surface area contributed by atoms with E-state index in [-0.39, 0.29) is 38.1 Å². The lowest BCUT2D eigenvalue weighted by Crippen LogP contribution is -2.37. The first-order valence-electron chi connectivity index (χ1n) is 22.3. The number of nitrogens with zero attached hydrogens (tertiary/aromatic N) is 1. The van der Waals surface area contributed by atoms with Crippen molar-refractivity contribution in [1.82, 2.24) is 0 Å². The van der Waals surface area contributed by atoms with E-state index in [1.165, 1.54) is 77.0 Å². The van der Waals surface area contributed by atoms with Crippen molar-refractivity contribution in [3.63, 3.8) is 0 Å². The van der Waals surface area contributed by atoms with Gasteiger partial charge in [0.05, 0.1) is 27.7 Å². The zero-order valence-corrected chi connectivity index (χ0v) is 37.3. The van der Waals surface area contributed by atoms with Crippen LogP contribution in [0.3, 0.4) is 0 Å². The summed E-state index contributed by atoms with van der Waals surface area (Å²) >= 11 is 0. The highest BCUT2D eigenvalue weighted by Crippen LogP contribution is 2.43. The van der Waals surface area contributed by atoms with Crippen LogP contribution in [0, 0.1) is 0 Å². The number of phosphoric ester groups is 1. The van der Waals surface area contributed by atoms with Crippen LogP contribution in [0.2, 0.25) is 0 Å². The Kier molecular flexibility index (Phi) is 36.6. The van der Waals surface area contributed by atoms with Crippen LogP contribution in [0.4, 0.5) is 0 Å². The highest BCUT2D eigenvalue weighted by Gasteiger charge is 2.27. The number of carbonyl (C=O) groups excluding carboxylic acids is 2. The topological polar surface area (TPSA) is 138 Å². The fourth-order valence-corrected chi connectivity index (χ4v) is 6.85. The molecule has 0 amide bonds. The van der Waals surface area contributed by atoms with Gasteiger partial charge in [-0.3, -0.25) is 23.9 Å². The van der Waals surface area contributed by atoms with E-state index in [1.54, 1.807) is 0 Å². The van der Waals surface area contributed by atoms with E-state index in [1.807, 2.05) is 39.4 Å². The van der Waals surface area contributed by atoms with E-state index >= 15 is 0 Å². The maximum absolute atomic E-state index is 12.7. The van der Waals surface area contributed by atoms with Crippen molar-refractivity contribution in [3.8, 4) is 0 Å². The molecule has 1 unspecified atom stereocenters. The van der Waals surface area contributed by atoms with Crippen LogP contribution >= 0.6 is 7.82 Å². The minimum absolute atomic E-state index is 0.0168. The summed E-state index contributed by atoms with van der Waals surface area (Å²) in [7, 11) is 1.42. The van der Waals surface area contributed by atoms with Crippen molar-refractivity contribution in [2.24, 2.45) is 0 Å². The molecular weight excluding hydrogens is 733 g/mol. The molecule has 0 aromatic heterocycles. The van der Waals surface area contributed by atoms with E-state index in [0.717, 1.165) is 77.0 Å². The maximum Gasteiger partial charge on any atom is 0.472 e. The third kappa shape index (κ3) is 39.2. The quantitative estimate of drug-likeness (QED) is 0.0117. The number of quaternary nitrogens is 1. The first-order chi connectivity index (χ1) is 26.9. The number of carbonyl (C=O) groups is 2. The van der Waals surface area contributed by atoms with Gasteiger partial charge < -0.3 is 18.9 Å². The van der Waals surface area contributed by atoms with Gasteiger partial charge in [-0.1, -0.05) is 167 Å². The summed E-state index contributed by atoms with van der Waals surface area (Å²) in [4.78, 5) is 39.9. The van der Waals surface area contributed by atoms with E-state index in [2.05, 4.69) is 24.8 Å². The summed E-state index contributed by atoms with van der Waals surface area (Å²) in [6.07, 6.45) is 35.3. The standard InChI is InChI=1S/C44H84NO10P/c1-6-8-10-11-12-13-14-15-16-17-18-21-24-27-31-35-43(46)51-39-42(40-53-56(49,50)52-38-37-45(3,4)5)54-44(47)36-32-28-25-22-19-20-23-26-30-34-41(55-48)33-29-9-7-2/h23,26,30,34,41-42H,6-22,24-25,27-29,31-33,35-40H2,1-5H3,(H-,48,49,50)/p+1/b26-23-,34-30+/t41-,42+/m0/s1. The first-order valence-corrected chi connectivity index (χ1v) is 23.8. The normalized spacial score (nSPS) is 14.3. The predicted octanol–water partition coefficient (Wildman–Crippen LogP) is 11.8. The molecule has 0 aliphatic heterocycles. The molecule has 0 aliphatic rings. The number of likely N-dealkylation sites (N-methyl/N-ethyl adjacent to an activating group) is 1. The molecule has 0 bridgehead atoms. The molecule has 3 atom stereocenters. The molecule has 0 aliphatic carbocycles. The fraction of sp³-hybridized carbons (Fsp3) is 0.864. The molecule has 0 aromatic rings. The minimum Gasteiger partial charge on any atom is -0.462 e. The van der Waals surface area contributed by atoms with Crippen molar-refractivity contribution >= 4 is 19.8 Å². The number of allylic oxidation sites excluding steroid dienone is 3. The Bertz CT molecular complexity index is 1030. The Morgan fingerprint density at radius 2 is 1.14 bits per heavy atom. The molecule has 0 radical (unpaired) electrons. The second kappa shape index (κ2) is 37.7. The van der Waals surface area contributed by atoms with Crippen LogP contribution in [-0.2, 0) is 37.6 Å². The lowest BCUT2D eigenvalue weighted by atomic mass is 10.0. The maximum atomic E-state index is 12.7. The van der Waals surface area contributed by atoms with Gasteiger partial charge in [-0.2, -0.15) is 0 Å². The minimum atomic E-state index is -4.39. The average molecular weight is 819 g/mol. The molecule has 2 N–H and O–H groups in total. The van der Waals surface area contributed by atoms with Gasteiger partial charge in [0, 0.05) is 12.8 Å². The van der Waals surface area contributed by atoms with Crippen LogP contribution in [0.5, 0.6) is 0 Å². The summed E-state index contributed by atoms with van der Waals surface area (Å²) in [5.74, 6) is -0.853. The monoisotopic (exact) mass is 819 g/mol. The smallest absolute Gasteiger partial charge is 0.462 e. The van der Waals surface area contributed by atoms with Crippen LogP contribution in [0.15, 0.2) is 24.3 Å². The van der Waals surface area contributed by atoms with Crippen LogP contribution < -0.4 is 0 Å². The zero-order valence-electron chi connectivity index (χ0n) is 36.4. The van der Waals surface area contributed by atoms with Gasteiger partial charge in [0.2, 0.25) is 0 Å². The molecule has 56 heavy (non-hydrogen) atoms. The van der Waals surface area contributed by atoms with Crippen molar-refractivity contribution in [2.75, 3.05) is 47.5 Å². The van der Waals surface area contributed by atoms with Crippen molar-refractivity contribution < 1.29 is 52.2 Å². The van der Waals surface area contributed by atoms with Crippen molar-refractivity contribution in [3.05, 3.63) is 24.3 Å². The van der Waals surface area contributed by atoms with E-state index in [9.17, 15) is 19.0 Å². The van der Waals surface area contributed by atoms with E-state index in [0.29, 0.717) is 17.4 Å². The predicted molar refractivity (Wildman–Crippen MR) is 227 cm³/mol. The van der Waals surface area contributed by atoms with E-state index in [4.69, 9.17) is 23.8 Å². The van der Waals surface area contributed by atoms with Crippen LogP contribution in [0.1, 0.15) is 187 Å². The summed E-state index contributed by atoms with van der Waals surface area (Å²) in [5, 5.41) is 9.03. The number of phosphoric acid groups is 1. The van der Waals surface area contributed by atoms with Gasteiger partial charge in [0.25, 0.3) is 0 Å². The Morgan fingerprint density at radius 1 is 0.643 bits per heavy atom. The molecular formula is C44H85NO10P+. The molecule has 0 spiro atoms. The Labute approximate surface area is 342 Å². The summed E-state index contributed by atoms with van der Waals surface area (Å²) in [6.45, 7) is 4.24. The van der Waals surface area contributed by atoms with Crippen LogP contribution in [0.25, 0.3) is 0 Å². The molecule has 0 rings (SSSR count). The number of esters is 2. The summed E-state index contributed by atoms with van der Waals surface area (Å²) < 4.78 is 34.3. The molecule has 0 fully saturated rings. The van der Waals surface area contributed by atoms with Crippen molar-refractivity contribution in [1.29, 1.82) is 0 Å². The largest absolute Gasteiger partial charge is 0.472 e. The number of hydrogen-bond acceptors (Lipinski definition) is 9. The average Bonchev–Trinajstić information content (AvgIpc) is 3.15. The number of unbranched alkanes of at least 4 members (excludes halogenated alkanes) is 21. The van der Waals surface area contributed by atoms with Gasteiger partial charge in [0.1, 0.15) is 25.9 Å². The molecule has 330 valence electrons. The van der Waals surface area contributed by atoms with Gasteiger partial charge in [-0.15, -0.1) is 0 Å².